The molecule has 132 valence electrons. The van der Waals surface area contributed by atoms with Gasteiger partial charge in [0.2, 0.25) is 5.91 Å². The van der Waals surface area contributed by atoms with Crippen LogP contribution in [0.2, 0.25) is 5.02 Å². The number of hydrogen-bond donors (Lipinski definition) is 1. The highest BCUT2D eigenvalue weighted by Crippen LogP contribution is 2.44. The van der Waals surface area contributed by atoms with Crippen molar-refractivity contribution < 1.29 is 4.79 Å². The molecule has 1 aliphatic rings. The minimum absolute atomic E-state index is 0.0180. The summed E-state index contributed by atoms with van der Waals surface area (Å²) in [6.45, 7) is 3.95. The molecule has 0 aliphatic carbocycles. The van der Waals surface area contributed by atoms with Crippen molar-refractivity contribution in [1.82, 2.24) is 9.78 Å². The number of fused-ring (bicyclic) bond motifs is 1. The number of hydrogen-bond acceptors (Lipinski definition) is 3. The van der Waals surface area contributed by atoms with Crippen LogP contribution in [0.3, 0.4) is 0 Å². The van der Waals surface area contributed by atoms with E-state index in [0.29, 0.717) is 10.8 Å². The Kier molecular flexibility index (Phi) is 4.51. The van der Waals surface area contributed by atoms with Gasteiger partial charge in [0.15, 0.2) is 0 Å². The average Bonchev–Trinajstić information content (AvgIpc) is 2.84. The van der Waals surface area contributed by atoms with Crippen molar-refractivity contribution in [2.45, 2.75) is 19.1 Å². The number of thioether (sulfide) groups is 1. The third kappa shape index (κ3) is 2.91. The molecule has 0 bridgehead atoms. The lowest BCUT2D eigenvalue weighted by Gasteiger charge is -2.15. The van der Waals surface area contributed by atoms with Gasteiger partial charge in [0.1, 0.15) is 5.82 Å². The van der Waals surface area contributed by atoms with Crippen molar-refractivity contribution in [3.8, 4) is 5.69 Å². The first kappa shape index (κ1) is 17.2. The summed E-state index contributed by atoms with van der Waals surface area (Å²) < 4.78 is 1.81. The van der Waals surface area contributed by atoms with E-state index in [1.807, 2.05) is 54.9 Å². The number of aromatic nitrogens is 2. The van der Waals surface area contributed by atoms with Crippen LogP contribution >= 0.6 is 23.4 Å². The summed E-state index contributed by atoms with van der Waals surface area (Å²) >= 11 is 7.93. The molecule has 0 spiro atoms. The fourth-order valence-corrected chi connectivity index (χ4v) is 4.63. The van der Waals surface area contributed by atoms with E-state index >= 15 is 0 Å². The first-order valence-electron chi connectivity index (χ1n) is 8.37. The molecular weight excluding hydrogens is 366 g/mol. The fraction of sp³-hybridized carbons (Fsp3) is 0.200. The van der Waals surface area contributed by atoms with Gasteiger partial charge in [-0.25, -0.2) is 4.68 Å². The minimum Gasteiger partial charge on any atom is -0.310 e. The van der Waals surface area contributed by atoms with E-state index in [4.69, 9.17) is 16.7 Å². The Balaban J connectivity index is 1.93. The fourth-order valence-electron chi connectivity index (χ4n) is 3.27. The summed E-state index contributed by atoms with van der Waals surface area (Å²) in [7, 11) is 0. The molecule has 1 N–H and O–H groups in total. The first-order valence-corrected chi connectivity index (χ1v) is 9.80. The summed E-state index contributed by atoms with van der Waals surface area (Å²) in [6, 6.07) is 16.0. The van der Waals surface area contributed by atoms with Gasteiger partial charge in [0, 0.05) is 10.6 Å². The molecule has 0 fully saturated rings. The standard InChI is InChI=1S/C20H18ClN3OS/c1-12-15(21)9-6-10-16(12)24-20-18(13(2)23-24)19(26-11-17(25)22-20)14-7-4-3-5-8-14/h3-10,19H,11H2,1-2H3,(H,22,25). The van der Waals surface area contributed by atoms with Gasteiger partial charge in [-0.2, -0.15) is 5.10 Å². The van der Waals surface area contributed by atoms with Gasteiger partial charge in [-0.05, 0) is 37.1 Å². The molecule has 1 atom stereocenters. The van der Waals surface area contributed by atoms with Crippen LogP contribution in [0.15, 0.2) is 48.5 Å². The van der Waals surface area contributed by atoms with E-state index in [2.05, 4.69) is 17.4 Å². The van der Waals surface area contributed by atoms with Crippen LogP contribution in [0.1, 0.15) is 27.6 Å². The molecule has 2 heterocycles. The van der Waals surface area contributed by atoms with E-state index in [1.54, 1.807) is 11.8 Å². The summed E-state index contributed by atoms with van der Waals surface area (Å²) in [6.07, 6.45) is 0. The number of carbonyl (C=O) groups is 1. The summed E-state index contributed by atoms with van der Waals surface area (Å²) in [4.78, 5) is 12.4. The second kappa shape index (κ2) is 6.82. The van der Waals surface area contributed by atoms with Crippen LogP contribution in [-0.4, -0.2) is 21.4 Å². The average molecular weight is 384 g/mol. The van der Waals surface area contributed by atoms with Crippen molar-refractivity contribution in [3.05, 3.63) is 75.9 Å². The Hall–Kier alpha value is -2.24. The lowest BCUT2D eigenvalue weighted by Crippen LogP contribution is -2.16. The van der Waals surface area contributed by atoms with Crippen molar-refractivity contribution in [1.29, 1.82) is 0 Å². The zero-order valence-corrected chi connectivity index (χ0v) is 16.1. The molecular formula is C20H18ClN3OS. The van der Waals surface area contributed by atoms with Crippen LogP contribution in [0.4, 0.5) is 5.82 Å². The maximum Gasteiger partial charge on any atom is 0.235 e. The van der Waals surface area contributed by atoms with Crippen LogP contribution in [-0.2, 0) is 4.79 Å². The van der Waals surface area contributed by atoms with Crippen molar-refractivity contribution in [3.63, 3.8) is 0 Å². The van der Waals surface area contributed by atoms with Gasteiger partial charge in [0.05, 0.1) is 22.4 Å². The Morgan fingerprint density at radius 1 is 1.15 bits per heavy atom. The Morgan fingerprint density at radius 3 is 2.69 bits per heavy atom. The van der Waals surface area contributed by atoms with Gasteiger partial charge in [-0.3, -0.25) is 4.79 Å². The second-order valence-electron chi connectivity index (χ2n) is 6.29. The number of halogens is 1. The van der Waals surface area contributed by atoms with Gasteiger partial charge in [0.25, 0.3) is 0 Å². The largest absolute Gasteiger partial charge is 0.310 e. The highest BCUT2D eigenvalue weighted by molar-refractivity contribution is 8.00. The SMILES string of the molecule is Cc1nn(-c2cccc(Cl)c2C)c2c1C(c1ccccc1)SCC(=O)N2. The number of rotatable bonds is 2. The smallest absolute Gasteiger partial charge is 0.235 e. The third-order valence-corrected chi connectivity index (χ3v) is 6.26. The molecule has 0 saturated heterocycles. The molecule has 4 rings (SSSR count). The molecule has 4 nitrogen and oxygen atoms in total. The predicted molar refractivity (Wildman–Crippen MR) is 107 cm³/mol. The van der Waals surface area contributed by atoms with Crippen LogP contribution in [0, 0.1) is 13.8 Å². The van der Waals surface area contributed by atoms with Crippen LogP contribution in [0.5, 0.6) is 0 Å². The second-order valence-corrected chi connectivity index (χ2v) is 7.79. The van der Waals surface area contributed by atoms with E-state index in [1.165, 1.54) is 5.56 Å². The minimum atomic E-state index is -0.0180. The maximum absolute atomic E-state index is 12.4. The maximum atomic E-state index is 12.4. The van der Waals surface area contributed by atoms with Gasteiger partial charge in [-0.1, -0.05) is 48.0 Å². The number of amides is 1. The lowest BCUT2D eigenvalue weighted by molar-refractivity contribution is -0.113. The van der Waals surface area contributed by atoms with Crippen molar-refractivity contribution in [2.24, 2.45) is 0 Å². The first-order chi connectivity index (χ1) is 12.6. The van der Waals surface area contributed by atoms with Gasteiger partial charge < -0.3 is 5.32 Å². The summed E-state index contributed by atoms with van der Waals surface area (Å²) in [5.41, 5.74) is 4.93. The number of nitrogens with one attached hydrogen (secondary N) is 1. The molecule has 1 unspecified atom stereocenters. The number of carbonyl (C=O) groups excluding carboxylic acids is 1. The monoisotopic (exact) mass is 383 g/mol. The lowest BCUT2D eigenvalue weighted by atomic mass is 10.0. The molecule has 1 amide bonds. The van der Waals surface area contributed by atoms with E-state index < -0.39 is 0 Å². The number of anilines is 1. The zero-order valence-electron chi connectivity index (χ0n) is 14.5. The third-order valence-electron chi connectivity index (χ3n) is 4.58. The van der Waals surface area contributed by atoms with E-state index in [9.17, 15) is 4.79 Å². The zero-order chi connectivity index (χ0) is 18.3. The topological polar surface area (TPSA) is 46.9 Å². The molecule has 3 aromatic rings. The molecule has 6 heteroatoms. The van der Waals surface area contributed by atoms with E-state index in [-0.39, 0.29) is 11.2 Å². The Bertz CT molecular complexity index is 984. The molecule has 26 heavy (non-hydrogen) atoms. The molecule has 2 aromatic carbocycles. The summed E-state index contributed by atoms with van der Waals surface area (Å²) in [5, 5.41) is 8.53. The quantitative estimate of drug-likeness (QED) is 0.683. The molecule has 0 saturated carbocycles. The Labute approximate surface area is 161 Å². The number of nitrogens with zero attached hydrogens (tertiary/aromatic N) is 2. The van der Waals surface area contributed by atoms with Crippen molar-refractivity contribution >= 4 is 35.1 Å². The molecule has 0 radical (unpaired) electrons. The number of aryl methyl sites for hydroxylation is 1. The predicted octanol–water partition coefficient (Wildman–Crippen LogP) is 4.92. The summed E-state index contributed by atoms with van der Waals surface area (Å²) in [5.74, 6) is 1.12. The van der Waals surface area contributed by atoms with E-state index in [0.717, 1.165) is 28.3 Å². The van der Waals surface area contributed by atoms with Gasteiger partial charge >= 0.3 is 0 Å². The molecule has 1 aromatic heterocycles. The highest BCUT2D eigenvalue weighted by atomic mass is 35.5. The highest BCUT2D eigenvalue weighted by Gasteiger charge is 2.30. The van der Waals surface area contributed by atoms with Gasteiger partial charge in [-0.15, -0.1) is 11.8 Å². The number of benzene rings is 2. The van der Waals surface area contributed by atoms with Crippen LogP contribution < -0.4 is 5.32 Å². The molecule has 1 aliphatic heterocycles. The van der Waals surface area contributed by atoms with Crippen LogP contribution in [0.25, 0.3) is 5.69 Å². The normalized spacial score (nSPS) is 16.7. The Morgan fingerprint density at radius 2 is 1.92 bits per heavy atom. The van der Waals surface area contributed by atoms with Crippen molar-refractivity contribution in [2.75, 3.05) is 11.1 Å².